The third kappa shape index (κ3) is 4.93. The number of nitrogens with zero attached hydrogens (tertiary/aromatic N) is 4. The average Bonchev–Trinajstić information content (AvgIpc) is 3.42. The molecule has 1 unspecified atom stereocenters. The predicted octanol–water partition coefficient (Wildman–Crippen LogP) is 2.32. The van der Waals surface area contributed by atoms with Crippen LogP contribution < -0.4 is 19.5 Å². The third-order valence-corrected chi connectivity index (χ3v) is 5.87. The summed E-state index contributed by atoms with van der Waals surface area (Å²) in [7, 11) is 0. The van der Waals surface area contributed by atoms with E-state index in [1.807, 2.05) is 49.4 Å². The van der Waals surface area contributed by atoms with Crippen LogP contribution in [0.4, 0.5) is 0 Å². The molecule has 0 spiro atoms. The van der Waals surface area contributed by atoms with Crippen molar-refractivity contribution in [3.05, 3.63) is 65.7 Å². The maximum Gasteiger partial charge on any atom is 0.258 e. The molecule has 33 heavy (non-hydrogen) atoms. The molecular formula is C24H27N5O4. The van der Waals surface area contributed by atoms with Crippen LogP contribution in [0.1, 0.15) is 30.2 Å². The summed E-state index contributed by atoms with van der Waals surface area (Å²) in [5, 5.41) is 11.7. The molecule has 1 N–H and O–H groups in total. The van der Waals surface area contributed by atoms with Gasteiger partial charge in [0.05, 0.1) is 6.04 Å². The standard InChI is InChI=1S/C24H27N5O4/c1-17(25-23(30)15-31-19-5-3-2-4-6-19)24-27-26-22-9-10-28(11-12-29(22)24)14-18-7-8-20-21(13-18)33-16-32-20/h2-8,13,17H,9-12,14-16H2,1H3,(H,25,30). The van der Waals surface area contributed by atoms with Crippen LogP contribution in [-0.4, -0.2) is 52.1 Å². The number of hydrogen-bond donors (Lipinski definition) is 1. The number of carbonyl (C=O) groups is 1. The molecule has 2 aliphatic heterocycles. The van der Waals surface area contributed by atoms with Gasteiger partial charge in [-0.15, -0.1) is 10.2 Å². The zero-order chi connectivity index (χ0) is 22.6. The van der Waals surface area contributed by atoms with Crippen molar-refractivity contribution in [2.24, 2.45) is 0 Å². The van der Waals surface area contributed by atoms with Crippen molar-refractivity contribution in [3.63, 3.8) is 0 Å². The molecule has 1 atom stereocenters. The first-order chi connectivity index (χ1) is 16.2. The molecule has 3 heterocycles. The predicted molar refractivity (Wildman–Crippen MR) is 120 cm³/mol. The molecule has 0 saturated heterocycles. The molecule has 2 aromatic carbocycles. The number of para-hydroxylation sites is 1. The summed E-state index contributed by atoms with van der Waals surface area (Å²) in [5.41, 5.74) is 1.19. The van der Waals surface area contributed by atoms with E-state index in [-0.39, 0.29) is 25.3 Å². The van der Waals surface area contributed by atoms with Crippen molar-refractivity contribution in [1.29, 1.82) is 0 Å². The summed E-state index contributed by atoms with van der Waals surface area (Å²) in [5.74, 6) is 3.79. The fourth-order valence-corrected chi connectivity index (χ4v) is 4.18. The van der Waals surface area contributed by atoms with Crippen molar-refractivity contribution in [3.8, 4) is 17.2 Å². The number of benzene rings is 2. The highest BCUT2D eigenvalue weighted by Crippen LogP contribution is 2.33. The van der Waals surface area contributed by atoms with Crippen molar-refractivity contribution < 1.29 is 19.0 Å². The summed E-state index contributed by atoms with van der Waals surface area (Å²) < 4.78 is 18.6. The fraction of sp³-hybridized carbons (Fsp3) is 0.375. The van der Waals surface area contributed by atoms with Gasteiger partial charge in [-0.05, 0) is 36.8 Å². The molecule has 2 aliphatic rings. The minimum absolute atomic E-state index is 0.0430. The molecule has 9 nitrogen and oxygen atoms in total. The lowest BCUT2D eigenvalue weighted by atomic mass is 10.2. The van der Waals surface area contributed by atoms with E-state index in [1.165, 1.54) is 5.56 Å². The van der Waals surface area contributed by atoms with Crippen LogP contribution in [0.5, 0.6) is 17.2 Å². The Morgan fingerprint density at radius 1 is 1.09 bits per heavy atom. The van der Waals surface area contributed by atoms with E-state index in [1.54, 1.807) is 0 Å². The van der Waals surface area contributed by atoms with Gasteiger partial charge >= 0.3 is 0 Å². The molecule has 0 aliphatic carbocycles. The largest absolute Gasteiger partial charge is 0.484 e. The Kier molecular flexibility index (Phi) is 6.12. The van der Waals surface area contributed by atoms with Gasteiger partial charge in [0.1, 0.15) is 11.6 Å². The monoisotopic (exact) mass is 449 g/mol. The van der Waals surface area contributed by atoms with Crippen LogP contribution in [-0.2, 0) is 24.3 Å². The van der Waals surface area contributed by atoms with E-state index in [2.05, 4.69) is 31.0 Å². The molecule has 5 rings (SSSR count). The number of fused-ring (bicyclic) bond motifs is 2. The second-order valence-corrected chi connectivity index (χ2v) is 8.23. The molecule has 0 saturated carbocycles. The molecule has 172 valence electrons. The third-order valence-electron chi connectivity index (χ3n) is 5.87. The van der Waals surface area contributed by atoms with E-state index in [0.717, 1.165) is 55.7 Å². The van der Waals surface area contributed by atoms with Gasteiger partial charge in [0.25, 0.3) is 5.91 Å². The van der Waals surface area contributed by atoms with E-state index < -0.39 is 0 Å². The molecule has 0 radical (unpaired) electrons. The first-order valence-electron chi connectivity index (χ1n) is 11.2. The lowest BCUT2D eigenvalue weighted by Crippen LogP contribution is -2.33. The smallest absolute Gasteiger partial charge is 0.258 e. The zero-order valence-electron chi connectivity index (χ0n) is 18.6. The van der Waals surface area contributed by atoms with E-state index >= 15 is 0 Å². The molecule has 3 aromatic rings. The van der Waals surface area contributed by atoms with Gasteiger partial charge in [-0.3, -0.25) is 9.69 Å². The summed E-state index contributed by atoms with van der Waals surface area (Å²) in [6.45, 7) is 5.51. The van der Waals surface area contributed by atoms with Crippen LogP contribution in [0.2, 0.25) is 0 Å². The highest BCUT2D eigenvalue weighted by Gasteiger charge is 2.23. The van der Waals surface area contributed by atoms with Gasteiger partial charge in [-0.1, -0.05) is 24.3 Å². The van der Waals surface area contributed by atoms with Gasteiger partial charge < -0.3 is 24.1 Å². The number of hydrogen-bond acceptors (Lipinski definition) is 7. The Balaban J connectivity index is 1.17. The lowest BCUT2D eigenvalue weighted by Gasteiger charge is -2.20. The van der Waals surface area contributed by atoms with E-state index in [4.69, 9.17) is 14.2 Å². The Morgan fingerprint density at radius 2 is 1.94 bits per heavy atom. The van der Waals surface area contributed by atoms with Gasteiger partial charge in [-0.25, -0.2) is 0 Å². The first-order valence-corrected chi connectivity index (χ1v) is 11.2. The number of nitrogens with one attached hydrogen (secondary N) is 1. The molecule has 1 aromatic heterocycles. The SMILES string of the molecule is CC(NC(=O)COc1ccccc1)c1nnc2n1CCN(Cc1ccc3c(c1)OCO3)CC2. The Hall–Kier alpha value is -3.59. The fourth-order valence-electron chi connectivity index (χ4n) is 4.18. The highest BCUT2D eigenvalue weighted by molar-refractivity contribution is 5.77. The Bertz CT molecular complexity index is 1120. The van der Waals surface area contributed by atoms with E-state index in [9.17, 15) is 4.79 Å². The highest BCUT2D eigenvalue weighted by atomic mass is 16.7. The lowest BCUT2D eigenvalue weighted by molar-refractivity contribution is -0.123. The first kappa shape index (κ1) is 21.3. The van der Waals surface area contributed by atoms with Gasteiger partial charge in [0.15, 0.2) is 23.9 Å². The summed E-state index contributed by atoms with van der Waals surface area (Å²) in [4.78, 5) is 14.8. The second-order valence-electron chi connectivity index (χ2n) is 8.23. The van der Waals surface area contributed by atoms with Crippen LogP contribution in [0, 0.1) is 0 Å². The molecule has 0 fully saturated rings. The Labute approximate surface area is 192 Å². The van der Waals surface area contributed by atoms with Crippen LogP contribution >= 0.6 is 0 Å². The van der Waals surface area contributed by atoms with E-state index in [0.29, 0.717) is 5.75 Å². The van der Waals surface area contributed by atoms with Crippen molar-refractivity contribution in [1.82, 2.24) is 25.0 Å². The zero-order valence-corrected chi connectivity index (χ0v) is 18.6. The van der Waals surface area contributed by atoms with Crippen LogP contribution in [0.15, 0.2) is 48.5 Å². The number of rotatable bonds is 7. The molecule has 0 bridgehead atoms. The van der Waals surface area contributed by atoms with Crippen molar-refractivity contribution in [2.45, 2.75) is 32.5 Å². The normalized spacial score (nSPS) is 16.0. The minimum Gasteiger partial charge on any atom is -0.484 e. The molecule has 1 amide bonds. The number of ether oxygens (including phenoxy) is 3. The maximum atomic E-state index is 12.4. The van der Waals surface area contributed by atoms with Gasteiger partial charge in [0, 0.05) is 32.6 Å². The van der Waals surface area contributed by atoms with Crippen molar-refractivity contribution >= 4 is 5.91 Å². The maximum absolute atomic E-state index is 12.4. The van der Waals surface area contributed by atoms with Gasteiger partial charge in [-0.2, -0.15) is 0 Å². The summed E-state index contributed by atoms with van der Waals surface area (Å²) in [6.07, 6.45) is 0.801. The summed E-state index contributed by atoms with van der Waals surface area (Å²) in [6, 6.07) is 15.1. The number of aromatic nitrogens is 3. The average molecular weight is 450 g/mol. The topological polar surface area (TPSA) is 90.7 Å². The van der Waals surface area contributed by atoms with Crippen molar-refractivity contribution in [2.75, 3.05) is 26.5 Å². The number of amides is 1. The quantitative estimate of drug-likeness (QED) is 0.592. The minimum atomic E-state index is -0.265. The van der Waals surface area contributed by atoms with Crippen LogP contribution in [0.3, 0.4) is 0 Å². The Morgan fingerprint density at radius 3 is 2.82 bits per heavy atom. The second kappa shape index (κ2) is 9.50. The van der Waals surface area contributed by atoms with Crippen LogP contribution in [0.25, 0.3) is 0 Å². The molecule has 9 heteroatoms. The number of carbonyl (C=O) groups excluding carboxylic acids is 1. The molecular weight excluding hydrogens is 422 g/mol. The van der Waals surface area contributed by atoms with Gasteiger partial charge in [0.2, 0.25) is 6.79 Å². The summed E-state index contributed by atoms with van der Waals surface area (Å²) >= 11 is 0.